The molecule has 2 aliphatic rings. The number of nitrogens with two attached hydrogens (primary N) is 1. The monoisotopic (exact) mass is 326 g/mol. The van der Waals surface area contributed by atoms with E-state index in [1.807, 2.05) is 13.0 Å². The van der Waals surface area contributed by atoms with E-state index in [2.05, 4.69) is 27.1 Å². The van der Waals surface area contributed by atoms with Crippen LogP contribution < -0.4 is 5.73 Å². The van der Waals surface area contributed by atoms with E-state index in [1.165, 1.54) is 11.1 Å². The molecule has 6 heteroatoms. The largest absolute Gasteiger partial charge is 0.460 e. The predicted octanol–water partition coefficient (Wildman–Crippen LogP) is 2.57. The number of aliphatic imine (C=N–C) groups is 1. The van der Waals surface area contributed by atoms with Crippen molar-refractivity contribution in [3.05, 3.63) is 47.5 Å². The van der Waals surface area contributed by atoms with Crippen molar-refractivity contribution < 1.29 is 9.13 Å². The smallest absolute Gasteiger partial charge is 0.282 e. The third-order valence-electron chi connectivity index (χ3n) is 5.10. The molecule has 0 fully saturated rings. The molecule has 1 aromatic carbocycles. The number of halogens is 1. The van der Waals surface area contributed by atoms with Gasteiger partial charge in [-0.05, 0) is 36.5 Å². The summed E-state index contributed by atoms with van der Waals surface area (Å²) in [5.41, 5.74) is 10.1. The SMILES string of the molecule is C[C@@H]1OC(N)=N[C@]12CCc1c(cccc1-c1cnc(CF)nc1)C2. The molecule has 2 aromatic rings. The van der Waals surface area contributed by atoms with Gasteiger partial charge in [0.2, 0.25) is 0 Å². The van der Waals surface area contributed by atoms with Crippen molar-refractivity contribution >= 4 is 6.02 Å². The average Bonchev–Trinajstić information content (AvgIpc) is 2.87. The molecular formula is C18H19FN4O. The minimum Gasteiger partial charge on any atom is -0.460 e. The van der Waals surface area contributed by atoms with Gasteiger partial charge in [-0.2, -0.15) is 0 Å². The first kappa shape index (κ1) is 15.1. The lowest BCUT2D eigenvalue weighted by atomic mass is 9.74. The molecule has 1 aromatic heterocycles. The molecule has 0 amide bonds. The van der Waals surface area contributed by atoms with Crippen LogP contribution in [0.1, 0.15) is 30.3 Å². The van der Waals surface area contributed by atoms with Gasteiger partial charge in [-0.15, -0.1) is 0 Å². The summed E-state index contributed by atoms with van der Waals surface area (Å²) in [7, 11) is 0. The molecule has 1 spiro atoms. The van der Waals surface area contributed by atoms with Gasteiger partial charge < -0.3 is 10.5 Å². The van der Waals surface area contributed by atoms with Gasteiger partial charge in [0.1, 0.15) is 18.3 Å². The van der Waals surface area contributed by atoms with E-state index in [0.717, 1.165) is 30.4 Å². The Hall–Kier alpha value is -2.50. The van der Waals surface area contributed by atoms with Crippen LogP contribution in [-0.2, 0) is 24.3 Å². The van der Waals surface area contributed by atoms with Gasteiger partial charge in [0.25, 0.3) is 6.02 Å². The average molecular weight is 326 g/mol. The second-order valence-corrected chi connectivity index (χ2v) is 6.46. The van der Waals surface area contributed by atoms with Crippen molar-refractivity contribution in [1.29, 1.82) is 0 Å². The maximum Gasteiger partial charge on any atom is 0.282 e. The van der Waals surface area contributed by atoms with Crippen LogP contribution in [0.4, 0.5) is 4.39 Å². The van der Waals surface area contributed by atoms with Gasteiger partial charge in [-0.1, -0.05) is 18.2 Å². The number of amidine groups is 1. The Labute approximate surface area is 139 Å². The summed E-state index contributed by atoms with van der Waals surface area (Å²) < 4.78 is 18.2. The van der Waals surface area contributed by atoms with Crippen molar-refractivity contribution in [2.75, 3.05) is 0 Å². The highest BCUT2D eigenvalue weighted by atomic mass is 19.1. The summed E-state index contributed by atoms with van der Waals surface area (Å²) >= 11 is 0. The lowest BCUT2D eigenvalue weighted by molar-refractivity contribution is 0.140. The number of hydrogen-bond donors (Lipinski definition) is 1. The summed E-state index contributed by atoms with van der Waals surface area (Å²) in [6.07, 6.45) is 5.96. The lowest BCUT2D eigenvalue weighted by Crippen LogP contribution is -2.41. The number of benzene rings is 1. The zero-order chi connectivity index (χ0) is 16.7. The van der Waals surface area contributed by atoms with Gasteiger partial charge in [-0.25, -0.2) is 19.4 Å². The third-order valence-corrected chi connectivity index (χ3v) is 5.10. The summed E-state index contributed by atoms with van der Waals surface area (Å²) in [6.45, 7) is 1.38. The van der Waals surface area contributed by atoms with E-state index in [-0.39, 0.29) is 23.5 Å². The number of nitrogens with zero attached hydrogens (tertiary/aromatic N) is 3. The zero-order valence-corrected chi connectivity index (χ0v) is 13.5. The van der Waals surface area contributed by atoms with Gasteiger partial charge in [-0.3, -0.25) is 0 Å². The molecule has 124 valence electrons. The number of fused-ring (bicyclic) bond motifs is 1. The van der Waals surface area contributed by atoms with E-state index in [9.17, 15) is 4.39 Å². The van der Waals surface area contributed by atoms with Gasteiger partial charge in [0.15, 0.2) is 5.82 Å². The van der Waals surface area contributed by atoms with E-state index in [1.54, 1.807) is 12.4 Å². The summed E-state index contributed by atoms with van der Waals surface area (Å²) in [5.74, 6) is 0.212. The van der Waals surface area contributed by atoms with E-state index < -0.39 is 6.67 Å². The summed E-state index contributed by atoms with van der Waals surface area (Å²) in [6, 6.07) is 6.52. The van der Waals surface area contributed by atoms with Crippen LogP contribution in [0.2, 0.25) is 0 Å². The Bertz CT molecular complexity index is 805. The van der Waals surface area contributed by atoms with Crippen LogP contribution in [-0.4, -0.2) is 27.6 Å². The number of aromatic nitrogens is 2. The fourth-order valence-electron chi connectivity index (χ4n) is 3.76. The topological polar surface area (TPSA) is 73.4 Å². The van der Waals surface area contributed by atoms with E-state index >= 15 is 0 Å². The van der Waals surface area contributed by atoms with E-state index in [4.69, 9.17) is 10.5 Å². The highest BCUT2D eigenvalue weighted by molar-refractivity contribution is 5.75. The van der Waals surface area contributed by atoms with Gasteiger partial charge in [0, 0.05) is 24.4 Å². The molecule has 1 aliphatic carbocycles. The van der Waals surface area contributed by atoms with Gasteiger partial charge in [0.05, 0.1) is 0 Å². The maximum absolute atomic E-state index is 12.6. The Balaban J connectivity index is 1.72. The van der Waals surface area contributed by atoms with Crippen molar-refractivity contribution in [3.8, 4) is 11.1 Å². The molecule has 0 unspecified atom stereocenters. The molecule has 0 saturated heterocycles. The Morgan fingerprint density at radius 2 is 2.12 bits per heavy atom. The first-order chi connectivity index (χ1) is 11.6. The minimum absolute atomic E-state index is 0.0125. The standard InChI is InChI=1S/C18H19FN4O/c1-11-18(23-17(20)24-11)6-5-15-12(7-18)3-2-4-14(15)13-9-21-16(8-19)22-10-13/h2-4,9-11H,5-8H2,1H3,(H2,20,23)/t11-,18-/m0/s1. The number of hydrogen-bond acceptors (Lipinski definition) is 5. The fourth-order valence-corrected chi connectivity index (χ4v) is 3.76. The maximum atomic E-state index is 12.6. The molecule has 2 N–H and O–H groups in total. The highest BCUT2D eigenvalue weighted by Gasteiger charge is 2.45. The molecular weight excluding hydrogens is 307 g/mol. The molecule has 1 aliphatic heterocycles. The van der Waals surface area contributed by atoms with Crippen molar-refractivity contribution in [2.45, 2.75) is 44.5 Å². The quantitative estimate of drug-likeness (QED) is 0.920. The van der Waals surface area contributed by atoms with Crippen molar-refractivity contribution in [3.63, 3.8) is 0 Å². The van der Waals surface area contributed by atoms with Crippen LogP contribution in [0, 0.1) is 0 Å². The molecule has 0 saturated carbocycles. The lowest BCUT2D eigenvalue weighted by Gasteiger charge is -2.35. The van der Waals surface area contributed by atoms with Crippen LogP contribution in [0.3, 0.4) is 0 Å². The second-order valence-electron chi connectivity index (χ2n) is 6.46. The zero-order valence-electron chi connectivity index (χ0n) is 13.5. The number of rotatable bonds is 2. The van der Waals surface area contributed by atoms with Gasteiger partial charge >= 0.3 is 0 Å². The molecule has 0 bridgehead atoms. The Morgan fingerprint density at radius 3 is 2.79 bits per heavy atom. The summed E-state index contributed by atoms with van der Waals surface area (Å²) in [5, 5.41) is 0. The van der Waals surface area contributed by atoms with E-state index in [0.29, 0.717) is 0 Å². The molecule has 2 atom stereocenters. The number of alkyl halides is 1. The minimum atomic E-state index is -0.646. The predicted molar refractivity (Wildman–Crippen MR) is 89.2 cm³/mol. The highest BCUT2D eigenvalue weighted by Crippen LogP contribution is 2.41. The van der Waals surface area contributed by atoms with Crippen LogP contribution in [0.15, 0.2) is 35.6 Å². The van der Waals surface area contributed by atoms with Crippen LogP contribution in [0.25, 0.3) is 11.1 Å². The Morgan fingerprint density at radius 1 is 1.33 bits per heavy atom. The summed E-state index contributed by atoms with van der Waals surface area (Å²) in [4.78, 5) is 12.7. The first-order valence-corrected chi connectivity index (χ1v) is 8.11. The van der Waals surface area contributed by atoms with Crippen LogP contribution in [0.5, 0.6) is 0 Å². The normalized spacial score (nSPS) is 25.2. The second kappa shape index (κ2) is 5.54. The third kappa shape index (κ3) is 2.33. The fraction of sp³-hybridized carbons (Fsp3) is 0.389. The molecule has 0 radical (unpaired) electrons. The molecule has 2 heterocycles. The molecule has 4 rings (SSSR count). The van der Waals surface area contributed by atoms with Crippen LogP contribution >= 0.6 is 0 Å². The number of ether oxygens (including phenoxy) is 1. The molecule has 5 nitrogen and oxygen atoms in total. The molecule has 24 heavy (non-hydrogen) atoms. The van der Waals surface area contributed by atoms with Crippen molar-refractivity contribution in [2.24, 2.45) is 10.7 Å². The first-order valence-electron chi connectivity index (χ1n) is 8.11. The van der Waals surface area contributed by atoms with Crippen molar-refractivity contribution in [1.82, 2.24) is 9.97 Å². The Kier molecular flexibility index (Phi) is 3.48.